The Bertz CT molecular complexity index is 740. The van der Waals surface area contributed by atoms with Crippen LogP contribution in [0.2, 0.25) is 5.02 Å². The van der Waals surface area contributed by atoms with E-state index in [9.17, 15) is 4.79 Å². The quantitative estimate of drug-likeness (QED) is 0.263. The third kappa shape index (κ3) is 7.76. The fourth-order valence-electron chi connectivity index (χ4n) is 2.52. The van der Waals surface area contributed by atoms with Crippen molar-refractivity contribution in [1.29, 1.82) is 0 Å². The summed E-state index contributed by atoms with van der Waals surface area (Å²) in [5.74, 6) is 0.741. The van der Waals surface area contributed by atoms with Crippen LogP contribution in [0, 0.1) is 0 Å². The lowest BCUT2D eigenvalue weighted by molar-refractivity contribution is 0.0953. The molecule has 146 valence electrons. The van der Waals surface area contributed by atoms with Gasteiger partial charge >= 0.3 is 0 Å². The highest BCUT2D eigenvalue weighted by molar-refractivity contribution is 14.0. The van der Waals surface area contributed by atoms with Crippen LogP contribution in [0.25, 0.3) is 0 Å². The second-order valence-electron chi connectivity index (χ2n) is 5.90. The van der Waals surface area contributed by atoms with Crippen LogP contribution in [0.3, 0.4) is 0 Å². The zero-order valence-corrected chi connectivity index (χ0v) is 18.7. The van der Waals surface area contributed by atoms with Crippen LogP contribution >= 0.6 is 35.6 Å². The summed E-state index contributed by atoms with van der Waals surface area (Å²) in [6.07, 6.45) is 0.803. The van der Waals surface area contributed by atoms with Crippen LogP contribution in [0.1, 0.15) is 22.3 Å². The number of hydrogen-bond donors (Lipinski definition) is 2. The van der Waals surface area contributed by atoms with Crippen LogP contribution < -0.4 is 10.6 Å². The lowest BCUT2D eigenvalue weighted by Crippen LogP contribution is -2.39. The van der Waals surface area contributed by atoms with Crippen LogP contribution in [-0.4, -0.2) is 44.0 Å². The van der Waals surface area contributed by atoms with Crippen LogP contribution in [0.15, 0.2) is 59.6 Å². The molecule has 0 unspecified atom stereocenters. The Kier molecular flexibility index (Phi) is 10.8. The van der Waals surface area contributed by atoms with Gasteiger partial charge in [-0.3, -0.25) is 9.79 Å². The molecule has 2 aromatic rings. The summed E-state index contributed by atoms with van der Waals surface area (Å²) in [6.45, 7) is 1.99. The maximum atomic E-state index is 12.0. The Morgan fingerprint density at radius 3 is 2.33 bits per heavy atom. The van der Waals surface area contributed by atoms with Gasteiger partial charge in [0.1, 0.15) is 0 Å². The Labute approximate surface area is 183 Å². The van der Waals surface area contributed by atoms with Crippen molar-refractivity contribution in [2.75, 3.05) is 27.2 Å². The van der Waals surface area contributed by atoms with E-state index in [2.05, 4.69) is 15.6 Å². The van der Waals surface area contributed by atoms with Gasteiger partial charge in [-0.05, 0) is 30.2 Å². The number of hydrogen-bond acceptors (Lipinski definition) is 2. The van der Waals surface area contributed by atoms with Gasteiger partial charge in [-0.15, -0.1) is 24.0 Å². The number of halogens is 2. The third-order valence-corrected chi connectivity index (χ3v) is 4.27. The van der Waals surface area contributed by atoms with Crippen LogP contribution in [0.4, 0.5) is 0 Å². The minimum atomic E-state index is -0.0502. The second kappa shape index (κ2) is 12.6. The monoisotopic (exact) mass is 500 g/mol. The minimum Gasteiger partial charge on any atom is -0.356 e. The highest BCUT2D eigenvalue weighted by Gasteiger charge is 2.08. The number of carbonyl (C=O) groups excluding carboxylic acids is 1. The van der Waals surface area contributed by atoms with E-state index in [0.717, 1.165) is 23.0 Å². The molecule has 0 atom stereocenters. The predicted molar refractivity (Wildman–Crippen MR) is 123 cm³/mol. The first-order chi connectivity index (χ1) is 12.6. The van der Waals surface area contributed by atoms with Gasteiger partial charge in [0, 0.05) is 44.3 Å². The van der Waals surface area contributed by atoms with Gasteiger partial charge in [-0.2, -0.15) is 0 Å². The second-order valence-corrected chi connectivity index (χ2v) is 6.30. The molecule has 0 aromatic heterocycles. The van der Waals surface area contributed by atoms with Gasteiger partial charge in [-0.1, -0.05) is 48.0 Å². The van der Waals surface area contributed by atoms with Gasteiger partial charge in [0.15, 0.2) is 5.96 Å². The van der Waals surface area contributed by atoms with Gasteiger partial charge < -0.3 is 15.5 Å². The number of carbonyl (C=O) groups is 1. The standard InChI is InChI=1S/C20H25ClN4O.HI/c1-22-20(25(2)15-17-11-6-7-12-18(17)21)24-14-8-13-23-19(26)16-9-4-3-5-10-16;/h3-7,9-12H,8,13-15H2,1-2H3,(H,22,24)(H,23,26);1H. The summed E-state index contributed by atoms with van der Waals surface area (Å²) >= 11 is 6.21. The largest absolute Gasteiger partial charge is 0.356 e. The normalized spacial score (nSPS) is 10.7. The molecule has 27 heavy (non-hydrogen) atoms. The average Bonchev–Trinajstić information content (AvgIpc) is 2.67. The summed E-state index contributed by atoms with van der Waals surface area (Å²) in [5, 5.41) is 6.97. The van der Waals surface area contributed by atoms with Crippen LogP contribution in [0.5, 0.6) is 0 Å². The molecule has 2 rings (SSSR count). The fourth-order valence-corrected chi connectivity index (χ4v) is 2.72. The van der Waals surface area contributed by atoms with Crippen molar-refractivity contribution < 1.29 is 4.79 Å². The van der Waals surface area contributed by atoms with E-state index in [0.29, 0.717) is 25.2 Å². The van der Waals surface area contributed by atoms with E-state index in [4.69, 9.17) is 11.6 Å². The summed E-state index contributed by atoms with van der Waals surface area (Å²) in [4.78, 5) is 18.3. The smallest absolute Gasteiger partial charge is 0.251 e. The summed E-state index contributed by atoms with van der Waals surface area (Å²) < 4.78 is 0. The number of nitrogens with zero attached hydrogens (tertiary/aromatic N) is 2. The molecule has 0 aliphatic heterocycles. The maximum Gasteiger partial charge on any atom is 0.251 e. The molecule has 0 aliphatic carbocycles. The predicted octanol–water partition coefficient (Wildman–Crippen LogP) is 3.79. The number of guanidine groups is 1. The molecule has 0 saturated heterocycles. The third-order valence-electron chi connectivity index (χ3n) is 3.90. The Hall–Kier alpha value is -1.80. The van der Waals surface area contributed by atoms with Crippen LogP contribution in [-0.2, 0) is 6.54 Å². The SMILES string of the molecule is CN=C(NCCCNC(=O)c1ccccc1)N(C)Cc1ccccc1Cl.I. The molecule has 0 bridgehead atoms. The molecular formula is C20H26ClIN4O. The maximum absolute atomic E-state index is 12.0. The first-order valence-electron chi connectivity index (χ1n) is 8.60. The molecular weight excluding hydrogens is 475 g/mol. The van der Waals surface area contributed by atoms with Crippen molar-refractivity contribution in [3.8, 4) is 0 Å². The van der Waals surface area contributed by atoms with Gasteiger partial charge in [0.05, 0.1) is 0 Å². The average molecular weight is 501 g/mol. The van der Waals surface area contributed by atoms with Crippen molar-refractivity contribution in [1.82, 2.24) is 15.5 Å². The summed E-state index contributed by atoms with van der Waals surface area (Å²) in [5.41, 5.74) is 1.73. The summed E-state index contributed by atoms with van der Waals surface area (Å²) in [6, 6.07) is 17.0. The number of aliphatic imine (C=N–C) groups is 1. The van der Waals surface area contributed by atoms with Crippen molar-refractivity contribution >= 4 is 47.4 Å². The highest BCUT2D eigenvalue weighted by atomic mass is 127. The molecule has 0 radical (unpaired) electrons. The van der Waals surface area contributed by atoms with Gasteiger partial charge in [-0.25, -0.2) is 0 Å². The Morgan fingerprint density at radius 2 is 1.67 bits per heavy atom. The minimum absolute atomic E-state index is 0. The molecule has 0 heterocycles. The molecule has 0 fully saturated rings. The number of nitrogens with one attached hydrogen (secondary N) is 2. The Balaban J connectivity index is 0.00000364. The molecule has 0 aliphatic rings. The van der Waals surface area contributed by atoms with Crippen molar-refractivity contribution in [3.05, 3.63) is 70.7 Å². The fraction of sp³-hybridized carbons (Fsp3) is 0.300. The molecule has 1 amide bonds. The van der Waals surface area contributed by atoms with E-state index in [1.165, 1.54) is 0 Å². The van der Waals surface area contributed by atoms with Gasteiger partial charge in [0.25, 0.3) is 5.91 Å². The highest BCUT2D eigenvalue weighted by Crippen LogP contribution is 2.16. The molecule has 5 nitrogen and oxygen atoms in total. The number of amides is 1. The zero-order valence-electron chi connectivity index (χ0n) is 15.6. The lowest BCUT2D eigenvalue weighted by atomic mass is 10.2. The van der Waals surface area contributed by atoms with E-state index in [1.807, 2.05) is 54.4 Å². The first kappa shape index (κ1) is 23.2. The first-order valence-corrected chi connectivity index (χ1v) is 8.98. The van der Waals surface area contributed by atoms with Crippen molar-refractivity contribution in [2.45, 2.75) is 13.0 Å². The topological polar surface area (TPSA) is 56.7 Å². The van der Waals surface area contributed by atoms with Crippen molar-refractivity contribution in [2.24, 2.45) is 4.99 Å². The molecule has 0 saturated carbocycles. The van der Waals surface area contributed by atoms with E-state index >= 15 is 0 Å². The Morgan fingerprint density at radius 1 is 1.04 bits per heavy atom. The van der Waals surface area contributed by atoms with E-state index < -0.39 is 0 Å². The number of rotatable bonds is 7. The van der Waals surface area contributed by atoms with E-state index in [-0.39, 0.29) is 29.9 Å². The van der Waals surface area contributed by atoms with E-state index in [1.54, 1.807) is 19.2 Å². The zero-order chi connectivity index (χ0) is 18.8. The molecule has 2 aromatic carbocycles. The van der Waals surface area contributed by atoms with Crippen molar-refractivity contribution in [3.63, 3.8) is 0 Å². The molecule has 0 spiro atoms. The molecule has 7 heteroatoms. The summed E-state index contributed by atoms with van der Waals surface area (Å²) in [7, 11) is 3.72. The van der Waals surface area contributed by atoms with Gasteiger partial charge in [0.2, 0.25) is 0 Å². The lowest BCUT2D eigenvalue weighted by Gasteiger charge is -2.22. The number of benzene rings is 2. The molecule has 2 N–H and O–H groups in total.